The fraction of sp³-hybridized carbons (Fsp3) is 0.500. The van der Waals surface area contributed by atoms with Crippen LogP contribution in [0.1, 0.15) is 41.5 Å². The molecule has 0 saturated carbocycles. The number of likely N-dealkylation sites (N-methyl/N-ethyl adjacent to an activating group) is 1. The highest BCUT2D eigenvalue weighted by Crippen LogP contribution is 2.46. The Hall–Kier alpha value is -1.57. The van der Waals surface area contributed by atoms with Gasteiger partial charge in [-0.05, 0) is 40.7 Å². The molecule has 2 nitrogen and oxygen atoms in total. The Labute approximate surface area is 123 Å². The molecular weight excluding hydrogens is 244 g/mol. The highest BCUT2D eigenvalue weighted by molar-refractivity contribution is 5.83. The van der Waals surface area contributed by atoms with E-state index in [2.05, 4.69) is 65.6 Å². The summed E-state index contributed by atoms with van der Waals surface area (Å²) in [7, 11) is 1.94. The molecule has 0 aromatic rings. The lowest BCUT2D eigenvalue weighted by Gasteiger charge is -2.38. The van der Waals surface area contributed by atoms with Crippen molar-refractivity contribution in [3.63, 3.8) is 0 Å². The van der Waals surface area contributed by atoms with Gasteiger partial charge in [-0.2, -0.15) is 0 Å². The van der Waals surface area contributed by atoms with E-state index in [0.717, 1.165) is 16.8 Å². The summed E-state index contributed by atoms with van der Waals surface area (Å²) in [4.78, 5) is 0. The highest BCUT2D eigenvalue weighted by Gasteiger charge is 2.34. The van der Waals surface area contributed by atoms with Crippen LogP contribution in [-0.4, -0.2) is 13.3 Å². The third-order valence-electron chi connectivity index (χ3n) is 3.81. The number of nitrogens with one attached hydrogen (secondary N) is 2. The molecule has 2 heteroatoms. The zero-order valence-corrected chi connectivity index (χ0v) is 13.9. The minimum absolute atomic E-state index is 0.112. The van der Waals surface area contributed by atoms with Crippen molar-refractivity contribution in [1.82, 2.24) is 5.32 Å². The number of hydrogen-bond acceptors (Lipinski definition) is 2. The molecule has 0 radical (unpaired) electrons. The SMILES string of the molecule is C=C(C=N)C1=CC(NC)=C(C)/C(=C\C(C)(C)C)C1(C)C. The maximum atomic E-state index is 7.52. The molecule has 0 heterocycles. The molecule has 0 aromatic heterocycles. The Balaban J connectivity index is 3.58. The fourth-order valence-corrected chi connectivity index (χ4v) is 2.75. The minimum atomic E-state index is -0.133. The van der Waals surface area contributed by atoms with Gasteiger partial charge in [0.2, 0.25) is 0 Å². The van der Waals surface area contributed by atoms with Crippen LogP contribution >= 0.6 is 0 Å². The van der Waals surface area contributed by atoms with Crippen LogP contribution in [0.4, 0.5) is 0 Å². The second-order valence-electron chi connectivity index (χ2n) is 7.07. The van der Waals surface area contributed by atoms with E-state index >= 15 is 0 Å². The molecule has 0 spiro atoms. The zero-order chi connectivity index (χ0) is 15.7. The van der Waals surface area contributed by atoms with Gasteiger partial charge in [-0.25, -0.2) is 0 Å². The molecule has 0 bridgehead atoms. The Morgan fingerprint density at radius 2 is 1.90 bits per heavy atom. The molecule has 1 aliphatic carbocycles. The molecule has 2 N–H and O–H groups in total. The lowest BCUT2D eigenvalue weighted by atomic mass is 9.67. The Kier molecular flexibility index (Phi) is 4.48. The van der Waals surface area contributed by atoms with Crippen LogP contribution in [0, 0.1) is 16.2 Å². The predicted octanol–water partition coefficient (Wildman–Crippen LogP) is 4.62. The molecule has 0 aliphatic heterocycles. The van der Waals surface area contributed by atoms with Gasteiger partial charge in [-0.15, -0.1) is 0 Å². The number of allylic oxidation sites excluding steroid dienone is 6. The lowest BCUT2D eigenvalue weighted by Crippen LogP contribution is -2.28. The van der Waals surface area contributed by atoms with Gasteiger partial charge < -0.3 is 10.7 Å². The molecule has 0 fully saturated rings. The second kappa shape index (κ2) is 5.43. The van der Waals surface area contributed by atoms with Crippen LogP contribution < -0.4 is 5.32 Å². The van der Waals surface area contributed by atoms with Gasteiger partial charge >= 0.3 is 0 Å². The summed E-state index contributed by atoms with van der Waals surface area (Å²) in [6, 6.07) is 0. The topological polar surface area (TPSA) is 35.9 Å². The summed E-state index contributed by atoms with van der Waals surface area (Å²) in [6.45, 7) is 17.2. The first-order chi connectivity index (χ1) is 9.04. The molecule has 0 saturated heterocycles. The summed E-state index contributed by atoms with van der Waals surface area (Å²) >= 11 is 0. The third-order valence-corrected chi connectivity index (χ3v) is 3.81. The molecule has 1 rings (SSSR count). The van der Waals surface area contributed by atoms with Gasteiger partial charge in [0.25, 0.3) is 0 Å². The van der Waals surface area contributed by atoms with Gasteiger partial charge in [0.15, 0.2) is 0 Å². The molecule has 110 valence electrons. The van der Waals surface area contributed by atoms with Crippen LogP contribution in [0.3, 0.4) is 0 Å². The quantitative estimate of drug-likeness (QED) is 0.722. The fourth-order valence-electron chi connectivity index (χ4n) is 2.75. The molecule has 1 aliphatic rings. The molecule has 0 unspecified atom stereocenters. The molecule has 0 aromatic carbocycles. The van der Waals surface area contributed by atoms with Crippen molar-refractivity contribution >= 4 is 6.21 Å². The van der Waals surface area contributed by atoms with Crippen LogP contribution in [-0.2, 0) is 0 Å². The molecule has 20 heavy (non-hydrogen) atoms. The van der Waals surface area contributed by atoms with E-state index in [1.807, 2.05) is 7.05 Å². The monoisotopic (exact) mass is 272 g/mol. The highest BCUT2D eigenvalue weighted by atomic mass is 14.8. The maximum Gasteiger partial charge on any atom is 0.0373 e. The third kappa shape index (κ3) is 3.12. The summed E-state index contributed by atoms with van der Waals surface area (Å²) in [6.07, 6.45) is 5.81. The van der Waals surface area contributed by atoms with E-state index in [-0.39, 0.29) is 10.8 Å². The first-order valence-electron chi connectivity index (χ1n) is 7.09. The summed E-state index contributed by atoms with van der Waals surface area (Å²) in [5, 5.41) is 10.8. The van der Waals surface area contributed by atoms with E-state index in [1.54, 1.807) is 0 Å². The summed E-state index contributed by atoms with van der Waals surface area (Å²) in [5.74, 6) is 0. The van der Waals surface area contributed by atoms with Crippen molar-refractivity contribution in [2.45, 2.75) is 41.5 Å². The molecular formula is C18H28N2. The van der Waals surface area contributed by atoms with E-state index in [0.29, 0.717) is 0 Å². The predicted molar refractivity (Wildman–Crippen MR) is 89.1 cm³/mol. The lowest BCUT2D eigenvalue weighted by molar-refractivity contribution is 0.495. The summed E-state index contributed by atoms with van der Waals surface area (Å²) in [5.41, 5.74) is 5.56. The van der Waals surface area contributed by atoms with Crippen molar-refractivity contribution < 1.29 is 0 Å². The van der Waals surface area contributed by atoms with E-state index in [4.69, 9.17) is 5.41 Å². The van der Waals surface area contributed by atoms with E-state index < -0.39 is 0 Å². The van der Waals surface area contributed by atoms with Crippen LogP contribution in [0.25, 0.3) is 0 Å². The number of hydrogen-bond donors (Lipinski definition) is 2. The van der Waals surface area contributed by atoms with Crippen molar-refractivity contribution in [2.75, 3.05) is 7.05 Å². The van der Waals surface area contributed by atoms with Crippen LogP contribution in [0.5, 0.6) is 0 Å². The van der Waals surface area contributed by atoms with Crippen LogP contribution in [0.2, 0.25) is 0 Å². The Bertz CT molecular complexity index is 520. The molecule has 0 atom stereocenters. The van der Waals surface area contributed by atoms with Gasteiger partial charge in [0, 0.05) is 24.4 Å². The summed E-state index contributed by atoms with van der Waals surface area (Å²) < 4.78 is 0. The van der Waals surface area contributed by atoms with Gasteiger partial charge in [0.05, 0.1) is 0 Å². The smallest absolute Gasteiger partial charge is 0.0373 e. The molecule has 0 amide bonds. The Morgan fingerprint density at radius 3 is 2.30 bits per heavy atom. The standard InChI is InChI=1S/C18H28N2/c1-12(11-19)14-9-16(20-8)13(2)15(18(14,6)7)10-17(3,4)5/h9-11,19-20H,1H2,2-8H3/b15-10+,19-11?. The maximum absolute atomic E-state index is 7.52. The van der Waals surface area contributed by atoms with E-state index in [1.165, 1.54) is 17.4 Å². The van der Waals surface area contributed by atoms with Gasteiger partial charge in [-0.1, -0.05) is 47.3 Å². The van der Waals surface area contributed by atoms with Gasteiger partial charge in [-0.3, -0.25) is 0 Å². The van der Waals surface area contributed by atoms with E-state index in [9.17, 15) is 0 Å². The Morgan fingerprint density at radius 1 is 1.35 bits per heavy atom. The second-order valence-corrected chi connectivity index (χ2v) is 7.07. The average Bonchev–Trinajstić information content (AvgIpc) is 2.33. The van der Waals surface area contributed by atoms with Crippen molar-refractivity contribution in [1.29, 1.82) is 5.41 Å². The van der Waals surface area contributed by atoms with Crippen molar-refractivity contribution in [3.8, 4) is 0 Å². The van der Waals surface area contributed by atoms with Gasteiger partial charge in [0.1, 0.15) is 0 Å². The van der Waals surface area contributed by atoms with Crippen molar-refractivity contribution in [3.05, 3.63) is 46.7 Å². The van der Waals surface area contributed by atoms with Crippen molar-refractivity contribution in [2.24, 2.45) is 10.8 Å². The van der Waals surface area contributed by atoms with Crippen LogP contribution in [0.15, 0.2) is 46.7 Å². The minimum Gasteiger partial charge on any atom is -0.388 e. The zero-order valence-electron chi connectivity index (χ0n) is 13.9. The first-order valence-corrected chi connectivity index (χ1v) is 7.09. The largest absolute Gasteiger partial charge is 0.388 e. The normalized spacial score (nSPS) is 20.8. The first kappa shape index (κ1) is 16.5. The average molecular weight is 272 g/mol. The number of rotatable bonds is 3.